The van der Waals surface area contributed by atoms with Crippen LogP contribution >= 0.6 is 11.3 Å². The van der Waals surface area contributed by atoms with E-state index < -0.39 is 5.82 Å². The van der Waals surface area contributed by atoms with Crippen molar-refractivity contribution < 1.29 is 18.8 Å². The number of halogens is 1. The van der Waals surface area contributed by atoms with Gasteiger partial charge in [-0.25, -0.2) is 9.37 Å². The molecule has 0 aliphatic carbocycles. The molecule has 120 valence electrons. The number of aromatic nitrogens is 1. The average Bonchev–Trinajstić information content (AvgIpc) is 2.86. The first kappa shape index (κ1) is 17.0. The lowest BCUT2D eigenvalue weighted by Gasteiger charge is -2.02. The van der Waals surface area contributed by atoms with Gasteiger partial charge in [0.2, 0.25) is 5.91 Å². The van der Waals surface area contributed by atoms with Crippen LogP contribution in [0.5, 0.6) is 0 Å². The fourth-order valence-electron chi connectivity index (χ4n) is 1.97. The number of carbonyl (C=O) groups is 3. The molecule has 0 aliphatic rings. The molecule has 1 aromatic heterocycles. The van der Waals surface area contributed by atoms with Gasteiger partial charge in [-0.2, -0.15) is 0 Å². The molecule has 5 nitrogen and oxygen atoms in total. The zero-order valence-electron chi connectivity index (χ0n) is 12.7. The Bertz CT molecular complexity index is 753. The number of amides is 1. The molecule has 0 atom stereocenters. The van der Waals surface area contributed by atoms with Crippen molar-refractivity contribution in [2.24, 2.45) is 0 Å². The summed E-state index contributed by atoms with van der Waals surface area (Å²) in [5.41, 5.74) is 0.934. The summed E-state index contributed by atoms with van der Waals surface area (Å²) >= 11 is 1.11. The summed E-state index contributed by atoms with van der Waals surface area (Å²) in [4.78, 5) is 39.7. The number of nitrogens with zero attached hydrogens (tertiary/aromatic N) is 1. The maximum Gasteiger partial charge on any atom is 0.226 e. The molecule has 2 aromatic rings. The third-order valence-corrected chi connectivity index (χ3v) is 4.28. The molecule has 0 radical (unpaired) electrons. The number of rotatable bonds is 6. The third kappa shape index (κ3) is 4.53. The van der Waals surface area contributed by atoms with Crippen molar-refractivity contribution in [3.8, 4) is 0 Å². The number of benzene rings is 1. The van der Waals surface area contributed by atoms with Gasteiger partial charge < -0.3 is 5.32 Å². The second-order valence-corrected chi connectivity index (χ2v) is 5.97. The second-order valence-electron chi connectivity index (χ2n) is 4.97. The number of hydrogen-bond acceptors (Lipinski definition) is 5. The number of thiazole rings is 1. The van der Waals surface area contributed by atoms with E-state index in [9.17, 15) is 18.8 Å². The predicted octanol–water partition coefficient (Wildman–Crippen LogP) is 3.39. The molecular formula is C16H15FN2O3S. The fourth-order valence-corrected chi connectivity index (χ4v) is 2.84. The molecule has 1 aromatic carbocycles. The molecule has 1 N–H and O–H groups in total. The summed E-state index contributed by atoms with van der Waals surface area (Å²) in [6.45, 7) is 3.13. The Hall–Kier alpha value is -2.41. The van der Waals surface area contributed by atoms with Crippen LogP contribution in [0, 0.1) is 12.7 Å². The predicted molar refractivity (Wildman–Crippen MR) is 85.4 cm³/mol. The Morgan fingerprint density at radius 3 is 2.39 bits per heavy atom. The van der Waals surface area contributed by atoms with Crippen molar-refractivity contribution in [3.63, 3.8) is 0 Å². The standard InChI is InChI=1S/C16H15FN2O3S/c1-9-15(10(2)20)23-16(18-9)19-14(22)8-7-13(21)11-3-5-12(17)6-4-11/h3-6H,7-8H2,1-2H3,(H,18,19,22). The lowest BCUT2D eigenvalue weighted by molar-refractivity contribution is -0.116. The van der Waals surface area contributed by atoms with Gasteiger partial charge in [-0.15, -0.1) is 0 Å². The van der Waals surface area contributed by atoms with Gasteiger partial charge in [0.05, 0.1) is 10.6 Å². The molecule has 0 saturated carbocycles. The molecule has 0 fully saturated rings. The van der Waals surface area contributed by atoms with Crippen LogP contribution in [0.3, 0.4) is 0 Å². The maximum atomic E-state index is 12.8. The molecule has 0 aliphatic heterocycles. The smallest absolute Gasteiger partial charge is 0.226 e. The molecular weight excluding hydrogens is 319 g/mol. The third-order valence-electron chi connectivity index (χ3n) is 3.11. The van der Waals surface area contributed by atoms with E-state index in [1.54, 1.807) is 6.92 Å². The lowest BCUT2D eigenvalue weighted by atomic mass is 10.1. The van der Waals surface area contributed by atoms with Crippen LogP contribution in [0.1, 0.15) is 45.5 Å². The first-order valence-electron chi connectivity index (χ1n) is 6.94. The van der Waals surface area contributed by atoms with E-state index in [-0.39, 0.29) is 30.3 Å². The largest absolute Gasteiger partial charge is 0.302 e. The minimum absolute atomic E-state index is 0.00968. The van der Waals surface area contributed by atoms with Crippen LogP contribution in [-0.2, 0) is 4.79 Å². The van der Waals surface area contributed by atoms with E-state index in [1.165, 1.54) is 31.2 Å². The summed E-state index contributed by atoms with van der Waals surface area (Å²) in [6.07, 6.45) is 0.00559. The number of aryl methyl sites for hydroxylation is 1. The normalized spacial score (nSPS) is 10.4. The number of ketones is 2. The van der Waals surface area contributed by atoms with Crippen molar-refractivity contribution in [1.82, 2.24) is 4.98 Å². The topological polar surface area (TPSA) is 76.1 Å². The number of hydrogen-bond donors (Lipinski definition) is 1. The molecule has 0 unspecified atom stereocenters. The van der Waals surface area contributed by atoms with Crippen molar-refractivity contribution in [3.05, 3.63) is 46.2 Å². The van der Waals surface area contributed by atoms with E-state index in [2.05, 4.69) is 10.3 Å². The van der Waals surface area contributed by atoms with Crippen LogP contribution < -0.4 is 5.32 Å². The minimum Gasteiger partial charge on any atom is -0.302 e. The molecule has 2 rings (SSSR count). The highest BCUT2D eigenvalue weighted by Crippen LogP contribution is 2.23. The van der Waals surface area contributed by atoms with E-state index in [0.29, 0.717) is 21.3 Å². The van der Waals surface area contributed by atoms with Gasteiger partial charge in [0.1, 0.15) is 5.82 Å². The molecule has 1 heterocycles. The fraction of sp³-hybridized carbons (Fsp3) is 0.250. The van der Waals surface area contributed by atoms with Crippen molar-refractivity contribution in [1.29, 1.82) is 0 Å². The van der Waals surface area contributed by atoms with Crippen LogP contribution in [0.25, 0.3) is 0 Å². The SMILES string of the molecule is CC(=O)c1sc(NC(=O)CCC(=O)c2ccc(F)cc2)nc1C. The molecule has 23 heavy (non-hydrogen) atoms. The summed E-state index contributed by atoms with van der Waals surface area (Å²) in [5.74, 6) is -1.11. The van der Waals surface area contributed by atoms with Gasteiger partial charge in [0.25, 0.3) is 0 Å². The second kappa shape index (κ2) is 7.23. The number of nitrogens with one attached hydrogen (secondary N) is 1. The first-order valence-corrected chi connectivity index (χ1v) is 7.75. The van der Waals surface area contributed by atoms with E-state index in [1.807, 2.05) is 0 Å². The number of Topliss-reactive ketones (excluding diaryl/α,β-unsaturated/α-hetero) is 2. The first-order chi connectivity index (χ1) is 10.9. The summed E-state index contributed by atoms with van der Waals surface area (Å²) in [5, 5.41) is 2.92. The Labute approximate surface area is 136 Å². The molecule has 1 amide bonds. The Morgan fingerprint density at radius 2 is 1.83 bits per heavy atom. The van der Waals surface area contributed by atoms with Gasteiger partial charge in [-0.1, -0.05) is 11.3 Å². The molecule has 0 saturated heterocycles. The van der Waals surface area contributed by atoms with Gasteiger partial charge in [0.15, 0.2) is 16.7 Å². The zero-order valence-corrected chi connectivity index (χ0v) is 13.5. The van der Waals surface area contributed by atoms with E-state index in [0.717, 1.165) is 11.3 Å². The van der Waals surface area contributed by atoms with Crippen LogP contribution in [-0.4, -0.2) is 22.5 Å². The van der Waals surface area contributed by atoms with Crippen LogP contribution in [0.4, 0.5) is 9.52 Å². The summed E-state index contributed by atoms with van der Waals surface area (Å²) in [7, 11) is 0. The average molecular weight is 334 g/mol. The van der Waals surface area contributed by atoms with Crippen molar-refractivity contribution in [2.75, 3.05) is 5.32 Å². The highest BCUT2D eigenvalue weighted by atomic mass is 32.1. The van der Waals surface area contributed by atoms with E-state index >= 15 is 0 Å². The van der Waals surface area contributed by atoms with Crippen LogP contribution in [0.15, 0.2) is 24.3 Å². The van der Waals surface area contributed by atoms with Gasteiger partial charge in [-0.3, -0.25) is 14.4 Å². The highest BCUT2D eigenvalue weighted by Gasteiger charge is 2.14. The number of anilines is 1. The lowest BCUT2D eigenvalue weighted by Crippen LogP contribution is -2.13. The molecule has 0 bridgehead atoms. The highest BCUT2D eigenvalue weighted by molar-refractivity contribution is 7.17. The Kier molecular flexibility index (Phi) is 5.33. The van der Waals surface area contributed by atoms with Gasteiger partial charge in [0, 0.05) is 25.3 Å². The van der Waals surface area contributed by atoms with Crippen LogP contribution in [0.2, 0.25) is 0 Å². The zero-order chi connectivity index (χ0) is 17.0. The number of carbonyl (C=O) groups excluding carboxylic acids is 3. The van der Waals surface area contributed by atoms with Gasteiger partial charge in [-0.05, 0) is 31.2 Å². The monoisotopic (exact) mass is 334 g/mol. The minimum atomic E-state index is -0.417. The summed E-state index contributed by atoms with van der Waals surface area (Å²) < 4.78 is 12.8. The summed E-state index contributed by atoms with van der Waals surface area (Å²) in [6, 6.07) is 5.18. The van der Waals surface area contributed by atoms with Crippen molar-refractivity contribution >= 4 is 33.9 Å². The Morgan fingerprint density at radius 1 is 1.17 bits per heavy atom. The van der Waals surface area contributed by atoms with E-state index in [4.69, 9.17) is 0 Å². The molecule has 0 spiro atoms. The Balaban J connectivity index is 1.90. The van der Waals surface area contributed by atoms with Crippen molar-refractivity contribution in [2.45, 2.75) is 26.7 Å². The quantitative estimate of drug-likeness (QED) is 0.822. The maximum absolute atomic E-state index is 12.8. The molecule has 7 heteroatoms. The van der Waals surface area contributed by atoms with Gasteiger partial charge >= 0.3 is 0 Å².